The lowest BCUT2D eigenvalue weighted by Crippen LogP contribution is -2.41. The second-order valence-corrected chi connectivity index (χ2v) is 4.96. The Kier molecular flexibility index (Phi) is 4.27. The number of hydrogen-bond acceptors (Lipinski definition) is 2. The SMILES string of the molecule is CB(O)N1CCC(=Cc2ccc(Cl)cc2)CC1. The Morgan fingerprint density at radius 2 is 1.82 bits per heavy atom. The Labute approximate surface area is 108 Å². The number of nitrogens with zero attached hydrogens (tertiary/aromatic N) is 1. The van der Waals surface area contributed by atoms with Crippen LogP contribution in [0.2, 0.25) is 11.8 Å². The summed E-state index contributed by atoms with van der Waals surface area (Å²) >= 11 is 5.85. The van der Waals surface area contributed by atoms with E-state index in [0.29, 0.717) is 0 Å². The van der Waals surface area contributed by atoms with Crippen LogP contribution in [0, 0.1) is 0 Å². The Balaban J connectivity index is 1.98. The smallest absolute Gasteiger partial charge is 0.376 e. The van der Waals surface area contributed by atoms with E-state index in [0.717, 1.165) is 31.0 Å². The molecule has 2 rings (SSSR count). The van der Waals surface area contributed by atoms with Gasteiger partial charge < -0.3 is 9.83 Å². The molecule has 1 saturated heterocycles. The van der Waals surface area contributed by atoms with Crippen molar-refractivity contribution in [2.75, 3.05) is 13.1 Å². The zero-order chi connectivity index (χ0) is 12.3. The monoisotopic (exact) mass is 249 g/mol. The molecule has 1 N–H and O–H groups in total. The molecule has 90 valence electrons. The van der Waals surface area contributed by atoms with Gasteiger partial charge in [-0.05, 0) is 50.5 Å². The Morgan fingerprint density at radius 3 is 2.35 bits per heavy atom. The summed E-state index contributed by atoms with van der Waals surface area (Å²) < 4.78 is 0. The van der Waals surface area contributed by atoms with E-state index in [2.05, 4.69) is 10.9 Å². The minimum absolute atomic E-state index is 0.327. The quantitative estimate of drug-likeness (QED) is 0.815. The van der Waals surface area contributed by atoms with Crippen molar-refractivity contribution >= 4 is 24.7 Å². The molecule has 0 atom stereocenters. The second-order valence-electron chi connectivity index (χ2n) is 4.52. The molecule has 0 bridgehead atoms. The van der Waals surface area contributed by atoms with Crippen molar-refractivity contribution in [2.45, 2.75) is 19.7 Å². The van der Waals surface area contributed by atoms with Crippen LogP contribution in [0.25, 0.3) is 6.08 Å². The van der Waals surface area contributed by atoms with E-state index in [-0.39, 0.29) is 7.05 Å². The predicted octanol–water partition coefficient (Wildman–Crippen LogP) is 2.93. The second kappa shape index (κ2) is 5.72. The van der Waals surface area contributed by atoms with E-state index in [4.69, 9.17) is 11.6 Å². The highest BCUT2D eigenvalue weighted by Gasteiger charge is 2.20. The Hall–Kier alpha value is -0.765. The third-order valence-electron chi connectivity index (χ3n) is 3.21. The molecule has 0 radical (unpaired) electrons. The summed E-state index contributed by atoms with van der Waals surface area (Å²) in [6, 6.07) is 7.91. The minimum Gasteiger partial charge on any atom is -0.437 e. The van der Waals surface area contributed by atoms with Crippen molar-refractivity contribution in [3.63, 3.8) is 0 Å². The fraction of sp³-hybridized carbons (Fsp3) is 0.385. The molecule has 1 fully saturated rings. The maximum atomic E-state index is 9.48. The molecule has 1 aromatic rings. The first-order valence-electron chi connectivity index (χ1n) is 6.02. The molecule has 1 aliphatic rings. The van der Waals surface area contributed by atoms with Crippen molar-refractivity contribution in [3.05, 3.63) is 40.4 Å². The number of halogens is 1. The van der Waals surface area contributed by atoms with Crippen LogP contribution in [0.4, 0.5) is 0 Å². The topological polar surface area (TPSA) is 23.5 Å². The first-order chi connectivity index (χ1) is 8.15. The normalized spacial score (nSPS) is 17.0. The number of benzene rings is 1. The number of rotatable bonds is 2. The maximum Gasteiger partial charge on any atom is 0.376 e. The molecule has 0 saturated carbocycles. The summed E-state index contributed by atoms with van der Waals surface area (Å²) in [6.07, 6.45) is 4.30. The summed E-state index contributed by atoms with van der Waals surface area (Å²) in [5.41, 5.74) is 2.65. The highest BCUT2D eigenvalue weighted by atomic mass is 35.5. The van der Waals surface area contributed by atoms with Crippen LogP contribution in [-0.4, -0.2) is 30.0 Å². The number of hydrogen-bond donors (Lipinski definition) is 1. The van der Waals surface area contributed by atoms with Gasteiger partial charge in [0, 0.05) is 5.02 Å². The van der Waals surface area contributed by atoms with E-state index >= 15 is 0 Å². The molecule has 1 heterocycles. The molecule has 1 aromatic carbocycles. The van der Waals surface area contributed by atoms with Gasteiger partial charge in [0.05, 0.1) is 0 Å². The van der Waals surface area contributed by atoms with Crippen molar-refractivity contribution < 1.29 is 5.02 Å². The lowest BCUT2D eigenvalue weighted by atomic mass is 9.82. The molecule has 0 aliphatic carbocycles. The van der Waals surface area contributed by atoms with Gasteiger partial charge in [0.1, 0.15) is 0 Å². The molecule has 0 unspecified atom stereocenters. The van der Waals surface area contributed by atoms with Gasteiger partial charge in [-0.1, -0.05) is 35.4 Å². The van der Waals surface area contributed by atoms with Crippen molar-refractivity contribution in [3.8, 4) is 0 Å². The molecule has 17 heavy (non-hydrogen) atoms. The van der Waals surface area contributed by atoms with Gasteiger partial charge in [0.15, 0.2) is 0 Å². The summed E-state index contributed by atoms with van der Waals surface area (Å²) in [4.78, 5) is 2.10. The van der Waals surface area contributed by atoms with Crippen LogP contribution < -0.4 is 0 Å². The molecule has 4 heteroatoms. The van der Waals surface area contributed by atoms with E-state index < -0.39 is 0 Å². The van der Waals surface area contributed by atoms with Crippen LogP contribution in [0.1, 0.15) is 18.4 Å². The summed E-state index contributed by atoms with van der Waals surface area (Å²) in [6.45, 7) is 3.71. The first-order valence-corrected chi connectivity index (χ1v) is 6.40. The summed E-state index contributed by atoms with van der Waals surface area (Å²) in [7, 11) is -0.327. The third-order valence-corrected chi connectivity index (χ3v) is 3.46. The van der Waals surface area contributed by atoms with Gasteiger partial charge in [0.25, 0.3) is 0 Å². The standard InChI is InChI=1S/C13H17BClNO/c1-14(17)16-8-6-12(7-9-16)10-11-2-4-13(15)5-3-11/h2-5,10,17H,6-9H2,1H3. The van der Waals surface area contributed by atoms with Gasteiger partial charge >= 0.3 is 7.05 Å². The Bertz CT molecular complexity index is 392. The van der Waals surface area contributed by atoms with E-state index in [1.165, 1.54) is 11.1 Å². The van der Waals surface area contributed by atoms with Crippen LogP contribution in [0.3, 0.4) is 0 Å². The van der Waals surface area contributed by atoms with E-state index in [1.54, 1.807) is 0 Å². The van der Waals surface area contributed by atoms with Gasteiger partial charge in [-0.15, -0.1) is 0 Å². The van der Waals surface area contributed by atoms with E-state index in [9.17, 15) is 5.02 Å². The maximum absolute atomic E-state index is 9.48. The van der Waals surface area contributed by atoms with Crippen LogP contribution in [0.5, 0.6) is 0 Å². The Morgan fingerprint density at radius 1 is 1.24 bits per heavy atom. The number of piperidine rings is 1. The van der Waals surface area contributed by atoms with Crippen molar-refractivity contribution in [1.82, 2.24) is 4.81 Å². The molecule has 0 aromatic heterocycles. The van der Waals surface area contributed by atoms with Crippen molar-refractivity contribution in [2.24, 2.45) is 0 Å². The molecule has 1 aliphatic heterocycles. The van der Waals surface area contributed by atoms with Gasteiger partial charge in [0.2, 0.25) is 0 Å². The molecule has 0 amide bonds. The van der Waals surface area contributed by atoms with Gasteiger partial charge in [-0.3, -0.25) is 0 Å². The molecular weight excluding hydrogens is 232 g/mol. The van der Waals surface area contributed by atoms with Crippen LogP contribution in [-0.2, 0) is 0 Å². The zero-order valence-electron chi connectivity index (χ0n) is 10.1. The highest BCUT2D eigenvalue weighted by molar-refractivity contribution is 6.45. The predicted molar refractivity (Wildman–Crippen MR) is 74.1 cm³/mol. The van der Waals surface area contributed by atoms with Gasteiger partial charge in [-0.25, -0.2) is 0 Å². The molecule has 2 nitrogen and oxygen atoms in total. The molecular formula is C13H17BClNO. The summed E-state index contributed by atoms with van der Waals surface area (Å²) in [5, 5.41) is 10.2. The van der Waals surface area contributed by atoms with Crippen LogP contribution in [0.15, 0.2) is 29.8 Å². The zero-order valence-corrected chi connectivity index (χ0v) is 10.8. The fourth-order valence-corrected chi connectivity index (χ4v) is 2.25. The third kappa shape index (κ3) is 3.60. The first kappa shape index (κ1) is 12.7. The van der Waals surface area contributed by atoms with Crippen LogP contribution >= 0.6 is 11.6 Å². The minimum atomic E-state index is -0.327. The van der Waals surface area contributed by atoms with E-state index in [1.807, 2.05) is 31.1 Å². The van der Waals surface area contributed by atoms with Crippen molar-refractivity contribution in [1.29, 1.82) is 0 Å². The average molecular weight is 250 g/mol. The molecule has 0 spiro atoms. The average Bonchev–Trinajstić information content (AvgIpc) is 2.33. The lowest BCUT2D eigenvalue weighted by Gasteiger charge is -2.29. The fourth-order valence-electron chi connectivity index (χ4n) is 2.12. The summed E-state index contributed by atoms with van der Waals surface area (Å²) in [5.74, 6) is 0. The van der Waals surface area contributed by atoms with Gasteiger partial charge in [-0.2, -0.15) is 0 Å². The largest absolute Gasteiger partial charge is 0.437 e. The highest BCUT2D eigenvalue weighted by Crippen LogP contribution is 2.20. The lowest BCUT2D eigenvalue weighted by molar-refractivity contribution is 0.346.